The van der Waals surface area contributed by atoms with Crippen LogP contribution in [0.15, 0.2) is 72.9 Å². The van der Waals surface area contributed by atoms with Crippen LogP contribution in [0, 0.1) is 0 Å². The van der Waals surface area contributed by atoms with E-state index in [1.807, 2.05) is 0 Å². The Morgan fingerprint density at radius 2 is 0.967 bits per heavy atom. The fraction of sp³-hybridized carbons (Fsp3) is 0.741. The van der Waals surface area contributed by atoms with Crippen LogP contribution in [0.3, 0.4) is 0 Å². The van der Waals surface area contributed by atoms with Crippen LogP contribution in [0.5, 0.6) is 0 Å². The lowest BCUT2D eigenvalue weighted by Crippen LogP contribution is -2.46. The number of nitrogens with one attached hydrogen (secondary N) is 1. The summed E-state index contributed by atoms with van der Waals surface area (Å²) in [5.74, 6) is -0.563. The number of hydrogen-bond acceptors (Lipinski definition) is 5. The Labute approximate surface area is 371 Å². The number of esters is 1. The highest BCUT2D eigenvalue weighted by atomic mass is 16.5. The summed E-state index contributed by atoms with van der Waals surface area (Å²) in [6.45, 7) is 6.33. The molecule has 6 heteroatoms. The third-order valence-corrected chi connectivity index (χ3v) is 11.0. The molecule has 0 aliphatic rings. The zero-order valence-electron chi connectivity index (χ0n) is 39.3. The molecule has 0 spiro atoms. The minimum atomic E-state index is -0.808. The molecule has 0 aliphatic heterocycles. The van der Waals surface area contributed by atoms with Crippen molar-refractivity contribution in [3.8, 4) is 0 Å². The zero-order chi connectivity index (χ0) is 43.8. The van der Waals surface area contributed by atoms with Crippen molar-refractivity contribution in [2.24, 2.45) is 0 Å². The molecule has 0 heterocycles. The van der Waals surface area contributed by atoms with Gasteiger partial charge in [-0.25, -0.2) is 0 Å². The lowest BCUT2D eigenvalue weighted by molar-refractivity contribution is -0.151. The van der Waals surface area contributed by atoms with Gasteiger partial charge >= 0.3 is 5.97 Å². The van der Waals surface area contributed by atoms with Crippen molar-refractivity contribution in [1.29, 1.82) is 0 Å². The number of carbonyl (C=O) groups is 2. The SMILES string of the molecule is CC/C=C/C/C=C/C/C=C/C/C=C/CCCC(CC(=O)NC(CO)C(O)CCCCCCCCCCCCC)OC(=O)CCCCC/C=C/C=C/CCCCCCCCC. The summed E-state index contributed by atoms with van der Waals surface area (Å²) in [6.07, 6.45) is 59.6. The summed E-state index contributed by atoms with van der Waals surface area (Å²) in [6, 6.07) is -0.726. The Kier molecular flexibility index (Phi) is 45.2. The molecule has 0 aromatic heterocycles. The van der Waals surface area contributed by atoms with Gasteiger partial charge in [-0.05, 0) is 83.5 Å². The number of amides is 1. The van der Waals surface area contributed by atoms with Gasteiger partial charge < -0.3 is 20.3 Å². The second kappa shape index (κ2) is 47.4. The van der Waals surface area contributed by atoms with Crippen LogP contribution in [0.25, 0.3) is 0 Å². The summed E-state index contributed by atoms with van der Waals surface area (Å²) in [4.78, 5) is 26.1. The maximum Gasteiger partial charge on any atom is 0.306 e. The highest BCUT2D eigenvalue weighted by Crippen LogP contribution is 2.16. The smallest absolute Gasteiger partial charge is 0.306 e. The van der Waals surface area contributed by atoms with E-state index in [9.17, 15) is 19.8 Å². The molecule has 346 valence electrons. The van der Waals surface area contributed by atoms with Gasteiger partial charge in [0.05, 0.1) is 25.2 Å². The number of aliphatic hydroxyl groups excluding tert-OH is 2. The standard InChI is InChI=1S/C54H95NO5/c1-4-7-10-13-16-19-22-24-26-27-29-32-35-38-41-44-47-54(59)60-50(45-42-39-36-33-31-28-25-23-20-17-14-11-8-5-2)48-53(58)55-51(49-56)52(57)46-43-40-37-34-30-21-18-15-12-9-6-3/h8,11,17,20,25-29,32-33,36,50-52,56-57H,4-7,9-10,12-16,18-19,21-24,30-31,34-35,37-49H2,1-3H3,(H,55,58)/b11-8+,20-17+,27-26+,28-25+,32-29+,36-33+. The third kappa shape index (κ3) is 42.0. The third-order valence-electron chi connectivity index (χ3n) is 11.0. The minimum absolute atomic E-state index is 0.0267. The average molecular weight is 838 g/mol. The minimum Gasteiger partial charge on any atom is -0.462 e. The molecule has 0 saturated carbocycles. The summed E-state index contributed by atoms with van der Waals surface area (Å²) >= 11 is 0. The molecule has 3 atom stereocenters. The van der Waals surface area contributed by atoms with E-state index in [0.717, 1.165) is 89.9 Å². The predicted molar refractivity (Wildman–Crippen MR) is 259 cm³/mol. The first-order valence-electron chi connectivity index (χ1n) is 25.2. The molecular formula is C54H95NO5. The summed E-state index contributed by atoms with van der Waals surface area (Å²) in [5.41, 5.74) is 0. The molecule has 60 heavy (non-hydrogen) atoms. The van der Waals surface area contributed by atoms with Crippen molar-refractivity contribution >= 4 is 11.9 Å². The highest BCUT2D eigenvalue weighted by Gasteiger charge is 2.24. The normalized spacial score (nSPS) is 13.9. The van der Waals surface area contributed by atoms with Crippen molar-refractivity contribution in [3.63, 3.8) is 0 Å². The van der Waals surface area contributed by atoms with E-state index < -0.39 is 18.2 Å². The fourth-order valence-electron chi connectivity index (χ4n) is 7.24. The van der Waals surface area contributed by atoms with E-state index in [1.54, 1.807) is 0 Å². The van der Waals surface area contributed by atoms with Crippen LogP contribution in [0.2, 0.25) is 0 Å². The lowest BCUT2D eigenvalue weighted by Gasteiger charge is -2.24. The largest absolute Gasteiger partial charge is 0.462 e. The van der Waals surface area contributed by atoms with E-state index in [1.165, 1.54) is 96.3 Å². The van der Waals surface area contributed by atoms with Crippen LogP contribution in [0.1, 0.15) is 233 Å². The van der Waals surface area contributed by atoms with Crippen LogP contribution in [0.4, 0.5) is 0 Å². The van der Waals surface area contributed by atoms with Gasteiger partial charge in [-0.3, -0.25) is 9.59 Å². The van der Waals surface area contributed by atoms with E-state index in [-0.39, 0.29) is 24.9 Å². The zero-order valence-corrected chi connectivity index (χ0v) is 39.3. The highest BCUT2D eigenvalue weighted by molar-refractivity contribution is 5.77. The Bertz CT molecular complexity index is 1120. The van der Waals surface area contributed by atoms with Crippen LogP contribution >= 0.6 is 0 Å². The number of ether oxygens (including phenoxy) is 1. The molecule has 1 amide bonds. The topological polar surface area (TPSA) is 95.9 Å². The van der Waals surface area contributed by atoms with Crippen LogP contribution < -0.4 is 5.32 Å². The molecule has 3 unspecified atom stereocenters. The number of carbonyl (C=O) groups excluding carboxylic acids is 2. The van der Waals surface area contributed by atoms with Gasteiger partial charge in [0.2, 0.25) is 5.91 Å². The van der Waals surface area contributed by atoms with Gasteiger partial charge in [0.1, 0.15) is 6.10 Å². The first-order valence-corrected chi connectivity index (χ1v) is 25.2. The van der Waals surface area contributed by atoms with Gasteiger partial charge in [0.25, 0.3) is 0 Å². The summed E-state index contributed by atoms with van der Waals surface area (Å²) < 4.78 is 5.88. The molecular weight excluding hydrogens is 743 g/mol. The predicted octanol–water partition coefficient (Wildman–Crippen LogP) is 15.0. The number of hydrogen-bond donors (Lipinski definition) is 3. The van der Waals surface area contributed by atoms with Gasteiger partial charge in [-0.1, -0.05) is 209 Å². The Morgan fingerprint density at radius 3 is 1.48 bits per heavy atom. The average Bonchev–Trinajstić information content (AvgIpc) is 3.24. The maximum absolute atomic E-state index is 13.2. The van der Waals surface area contributed by atoms with E-state index >= 15 is 0 Å². The Balaban J connectivity index is 4.72. The van der Waals surface area contributed by atoms with Crippen molar-refractivity contribution in [2.75, 3.05) is 6.61 Å². The fourth-order valence-corrected chi connectivity index (χ4v) is 7.24. The Morgan fingerprint density at radius 1 is 0.517 bits per heavy atom. The molecule has 0 fully saturated rings. The summed E-state index contributed by atoms with van der Waals surface area (Å²) in [5, 5.41) is 23.7. The molecule has 6 nitrogen and oxygen atoms in total. The molecule has 0 radical (unpaired) electrons. The summed E-state index contributed by atoms with van der Waals surface area (Å²) in [7, 11) is 0. The molecule has 0 aromatic rings. The van der Waals surface area contributed by atoms with E-state index in [0.29, 0.717) is 19.3 Å². The van der Waals surface area contributed by atoms with Gasteiger partial charge in [0, 0.05) is 6.42 Å². The second-order valence-corrected chi connectivity index (χ2v) is 16.9. The number of allylic oxidation sites excluding steroid dienone is 12. The first-order chi connectivity index (χ1) is 29.5. The molecule has 3 N–H and O–H groups in total. The van der Waals surface area contributed by atoms with E-state index in [2.05, 4.69) is 99.0 Å². The molecule has 0 rings (SSSR count). The van der Waals surface area contributed by atoms with Crippen molar-refractivity contribution in [2.45, 2.75) is 251 Å². The monoisotopic (exact) mass is 838 g/mol. The number of aliphatic hydroxyl groups is 2. The van der Waals surface area contributed by atoms with Crippen LogP contribution in [-0.4, -0.2) is 46.9 Å². The molecule has 0 aromatic carbocycles. The van der Waals surface area contributed by atoms with Crippen molar-refractivity contribution < 1.29 is 24.5 Å². The quantitative estimate of drug-likeness (QED) is 0.0246. The number of rotatable bonds is 44. The molecule has 0 saturated heterocycles. The Hall–Kier alpha value is -2.70. The van der Waals surface area contributed by atoms with Crippen LogP contribution in [-0.2, 0) is 14.3 Å². The van der Waals surface area contributed by atoms with Gasteiger partial charge in [-0.2, -0.15) is 0 Å². The molecule has 0 bridgehead atoms. The van der Waals surface area contributed by atoms with Crippen molar-refractivity contribution in [3.05, 3.63) is 72.9 Å². The van der Waals surface area contributed by atoms with Gasteiger partial charge in [0.15, 0.2) is 0 Å². The van der Waals surface area contributed by atoms with E-state index in [4.69, 9.17) is 4.74 Å². The van der Waals surface area contributed by atoms with Crippen molar-refractivity contribution in [1.82, 2.24) is 5.32 Å². The maximum atomic E-state index is 13.2. The first kappa shape index (κ1) is 57.3. The van der Waals surface area contributed by atoms with Gasteiger partial charge in [-0.15, -0.1) is 0 Å². The molecule has 0 aliphatic carbocycles. The number of unbranched alkanes of at least 4 members (excludes halogenated alkanes) is 21. The second-order valence-electron chi connectivity index (χ2n) is 16.9. The lowest BCUT2D eigenvalue weighted by atomic mass is 10.0.